The Bertz CT molecular complexity index is 2340. The number of para-hydroxylation sites is 1. The number of anilines is 1. The minimum absolute atomic E-state index is 0.0569. The highest BCUT2D eigenvalue weighted by atomic mass is 16.2. The first kappa shape index (κ1) is 30.4. The summed E-state index contributed by atoms with van der Waals surface area (Å²) in [6.45, 7) is 4.95. The first-order valence-electron chi connectivity index (χ1n) is 15.7. The third-order valence-corrected chi connectivity index (χ3v) is 8.77. The highest BCUT2D eigenvalue weighted by Gasteiger charge is 2.34. The van der Waals surface area contributed by atoms with Gasteiger partial charge in [0.15, 0.2) is 11.5 Å². The number of aromatic nitrogens is 6. The van der Waals surface area contributed by atoms with Gasteiger partial charge in [0.2, 0.25) is 5.91 Å². The Morgan fingerprint density at radius 3 is 2.60 bits per heavy atom. The normalized spacial score (nSPS) is 13.6. The maximum Gasteiger partial charge on any atom is 0.264 e. The number of benzene rings is 2. The van der Waals surface area contributed by atoms with E-state index >= 15 is 0 Å². The molecule has 0 bridgehead atoms. The summed E-state index contributed by atoms with van der Waals surface area (Å²) in [6, 6.07) is 17.8. The summed E-state index contributed by atoms with van der Waals surface area (Å²) in [5, 5.41) is 12.8. The Morgan fingerprint density at radius 2 is 1.83 bits per heavy atom. The molecule has 1 fully saturated rings. The van der Waals surface area contributed by atoms with Crippen LogP contribution in [0.4, 0.5) is 5.82 Å². The third-order valence-electron chi connectivity index (χ3n) is 8.77. The molecule has 3 N–H and O–H groups in total. The lowest BCUT2D eigenvalue weighted by atomic mass is 9.93. The molecule has 4 aromatic heterocycles. The van der Waals surface area contributed by atoms with Crippen molar-refractivity contribution in [3.63, 3.8) is 0 Å². The number of hydrogen-bond donors (Lipinski definition) is 2. The number of likely N-dealkylation sites (tertiary alicyclic amines) is 1. The van der Waals surface area contributed by atoms with E-state index in [0.717, 1.165) is 11.3 Å². The zero-order chi connectivity index (χ0) is 33.5. The molecule has 0 saturated carbocycles. The standard InChI is InChI=1S/C36H33N9O3/c1-4-29(46)43-20-26(21-43)32-25(19-39-42(32)3)15-14-23-10-8-11-24-18-28(45(36(48)30(23)24)27-12-6-5-7-13-27)22(2)40-35(47)31-33(37)41-44-17-9-16-38-34(31)44/h5-13,16-19,22,26H,4,20-21H2,1-3H3,(H2,37,41)(H,40,47). The molecule has 0 radical (unpaired) electrons. The van der Waals surface area contributed by atoms with Crippen molar-refractivity contribution in [1.82, 2.24) is 39.2 Å². The van der Waals surface area contributed by atoms with Crippen molar-refractivity contribution in [3.05, 3.63) is 118 Å². The van der Waals surface area contributed by atoms with Crippen molar-refractivity contribution >= 4 is 34.1 Å². The first-order chi connectivity index (χ1) is 23.2. The van der Waals surface area contributed by atoms with Crippen LogP contribution in [-0.4, -0.2) is 58.7 Å². The van der Waals surface area contributed by atoms with E-state index in [0.29, 0.717) is 52.9 Å². The summed E-state index contributed by atoms with van der Waals surface area (Å²) in [6.07, 6.45) is 5.45. The van der Waals surface area contributed by atoms with Crippen LogP contribution in [0.25, 0.3) is 22.1 Å². The smallest absolute Gasteiger partial charge is 0.264 e. The van der Waals surface area contributed by atoms with E-state index in [1.807, 2.05) is 85.1 Å². The number of carbonyl (C=O) groups is 2. The molecule has 1 aliphatic heterocycles. The fraction of sp³-hybridized carbons (Fsp3) is 0.222. The summed E-state index contributed by atoms with van der Waals surface area (Å²) in [5.74, 6) is 6.40. The van der Waals surface area contributed by atoms with Gasteiger partial charge in [-0.1, -0.05) is 49.1 Å². The van der Waals surface area contributed by atoms with Gasteiger partial charge in [-0.2, -0.15) is 5.10 Å². The third kappa shape index (κ3) is 5.25. The zero-order valence-electron chi connectivity index (χ0n) is 26.7. The van der Waals surface area contributed by atoms with E-state index in [1.165, 1.54) is 4.52 Å². The maximum atomic E-state index is 14.5. The van der Waals surface area contributed by atoms with E-state index in [1.54, 1.807) is 29.2 Å². The number of nitrogens with zero attached hydrogens (tertiary/aromatic N) is 7. The number of pyridine rings is 1. The number of nitrogens with two attached hydrogens (primary N) is 1. The highest BCUT2D eigenvalue weighted by Crippen LogP contribution is 2.30. The van der Waals surface area contributed by atoms with Crippen molar-refractivity contribution in [3.8, 4) is 17.5 Å². The van der Waals surface area contributed by atoms with Crippen molar-refractivity contribution in [1.29, 1.82) is 0 Å². The quantitative estimate of drug-likeness (QED) is 0.265. The van der Waals surface area contributed by atoms with E-state index in [-0.39, 0.29) is 28.8 Å². The van der Waals surface area contributed by atoms with Gasteiger partial charge in [-0.05, 0) is 42.6 Å². The van der Waals surface area contributed by atoms with Gasteiger partial charge in [-0.15, -0.1) is 5.10 Å². The first-order valence-corrected chi connectivity index (χ1v) is 15.7. The summed E-state index contributed by atoms with van der Waals surface area (Å²) in [4.78, 5) is 46.3. The fourth-order valence-corrected chi connectivity index (χ4v) is 6.35. The lowest BCUT2D eigenvalue weighted by Gasteiger charge is -2.39. The van der Waals surface area contributed by atoms with Crippen molar-refractivity contribution in [2.75, 3.05) is 18.8 Å². The SMILES string of the molecule is CCC(=O)N1CC(c2c(C#Cc3cccc4cc(C(C)NC(=O)c5c(N)nn6cccnc56)n(-c5ccccc5)c(=O)c34)cnn2C)C1. The van der Waals surface area contributed by atoms with Crippen LogP contribution in [0.3, 0.4) is 0 Å². The predicted molar refractivity (Wildman–Crippen MR) is 182 cm³/mol. The second-order valence-electron chi connectivity index (χ2n) is 11.8. The van der Waals surface area contributed by atoms with Gasteiger partial charge >= 0.3 is 0 Å². The number of aryl methyl sites for hydroxylation is 1. The molecule has 2 amide bonds. The Morgan fingerprint density at radius 1 is 1.06 bits per heavy atom. The van der Waals surface area contributed by atoms with E-state index in [2.05, 4.69) is 32.3 Å². The molecule has 7 rings (SSSR count). The van der Waals surface area contributed by atoms with Gasteiger partial charge < -0.3 is 16.0 Å². The Balaban J connectivity index is 1.28. The number of nitrogens with one attached hydrogen (secondary N) is 1. The van der Waals surface area contributed by atoms with Crippen LogP contribution in [0, 0.1) is 11.8 Å². The van der Waals surface area contributed by atoms with Gasteiger partial charge in [0, 0.05) is 61.8 Å². The van der Waals surface area contributed by atoms with Crippen LogP contribution in [0.5, 0.6) is 0 Å². The van der Waals surface area contributed by atoms with Gasteiger partial charge in [0.25, 0.3) is 11.5 Å². The number of amides is 2. The summed E-state index contributed by atoms with van der Waals surface area (Å²) in [5.41, 5.74) is 9.87. The van der Waals surface area contributed by atoms with Crippen LogP contribution in [-0.2, 0) is 11.8 Å². The number of nitrogen functional groups attached to an aromatic ring is 1. The monoisotopic (exact) mass is 639 g/mol. The van der Waals surface area contributed by atoms with Gasteiger partial charge in [0.1, 0.15) is 5.56 Å². The van der Waals surface area contributed by atoms with Gasteiger partial charge in [-0.25, -0.2) is 9.50 Å². The minimum Gasteiger partial charge on any atom is -0.381 e. The molecule has 12 heteroatoms. The lowest BCUT2D eigenvalue weighted by molar-refractivity contribution is -0.135. The Labute approximate surface area is 275 Å². The van der Waals surface area contributed by atoms with Gasteiger partial charge in [-0.3, -0.25) is 23.6 Å². The fourth-order valence-electron chi connectivity index (χ4n) is 6.35. The van der Waals surface area contributed by atoms with E-state index < -0.39 is 11.9 Å². The van der Waals surface area contributed by atoms with Crippen molar-refractivity contribution < 1.29 is 9.59 Å². The number of hydrogen-bond acceptors (Lipinski definition) is 7. The largest absolute Gasteiger partial charge is 0.381 e. The molecular weight excluding hydrogens is 606 g/mol. The topological polar surface area (TPSA) is 145 Å². The summed E-state index contributed by atoms with van der Waals surface area (Å²) in [7, 11) is 1.88. The summed E-state index contributed by atoms with van der Waals surface area (Å²) >= 11 is 0. The molecule has 1 saturated heterocycles. The Hall–Kier alpha value is -6.22. The average Bonchev–Trinajstić information content (AvgIpc) is 3.61. The van der Waals surface area contributed by atoms with Crippen LogP contribution < -0.4 is 16.6 Å². The second-order valence-corrected chi connectivity index (χ2v) is 11.8. The lowest BCUT2D eigenvalue weighted by Crippen LogP contribution is -2.49. The number of rotatable bonds is 6. The minimum atomic E-state index is -0.609. The molecule has 6 aromatic rings. The molecule has 1 aliphatic rings. The van der Waals surface area contributed by atoms with Crippen LogP contribution in [0.1, 0.15) is 65.1 Å². The van der Waals surface area contributed by atoms with Crippen LogP contribution >= 0.6 is 0 Å². The number of fused-ring (bicyclic) bond motifs is 2. The average molecular weight is 640 g/mol. The van der Waals surface area contributed by atoms with Gasteiger partial charge in [0.05, 0.1) is 28.9 Å². The molecule has 12 nitrogen and oxygen atoms in total. The van der Waals surface area contributed by atoms with E-state index in [4.69, 9.17) is 5.73 Å². The van der Waals surface area contributed by atoms with Crippen molar-refractivity contribution in [2.45, 2.75) is 32.2 Å². The molecule has 240 valence electrons. The zero-order valence-corrected chi connectivity index (χ0v) is 26.7. The van der Waals surface area contributed by atoms with Crippen molar-refractivity contribution in [2.24, 2.45) is 7.05 Å². The molecule has 1 unspecified atom stereocenters. The molecule has 0 aliphatic carbocycles. The molecule has 1 atom stereocenters. The molecule has 5 heterocycles. The molecule has 0 spiro atoms. The molecule has 48 heavy (non-hydrogen) atoms. The maximum absolute atomic E-state index is 14.5. The van der Waals surface area contributed by atoms with Crippen LogP contribution in [0.2, 0.25) is 0 Å². The Kier molecular flexibility index (Phi) is 7.72. The van der Waals surface area contributed by atoms with Crippen LogP contribution in [0.15, 0.2) is 84.0 Å². The molecule has 2 aromatic carbocycles. The summed E-state index contributed by atoms with van der Waals surface area (Å²) < 4.78 is 4.88. The second kappa shape index (κ2) is 12.2. The molecular formula is C36H33N9O3. The highest BCUT2D eigenvalue weighted by molar-refractivity contribution is 6.04. The van der Waals surface area contributed by atoms with E-state index in [9.17, 15) is 14.4 Å². The predicted octanol–water partition coefficient (Wildman–Crippen LogP) is 3.58. The number of carbonyl (C=O) groups excluding carboxylic acids is 2.